The number of alkyl halides is 2. The highest BCUT2D eigenvalue weighted by Gasteiger charge is 2.14. The van der Waals surface area contributed by atoms with E-state index in [-0.39, 0.29) is 0 Å². The summed E-state index contributed by atoms with van der Waals surface area (Å²) in [7, 11) is 0.849. The molecule has 0 aromatic rings. The van der Waals surface area contributed by atoms with Crippen molar-refractivity contribution in [2.75, 3.05) is 13.2 Å². The van der Waals surface area contributed by atoms with Gasteiger partial charge in [-0.1, -0.05) is 37.8 Å². The van der Waals surface area contributed by atoms with E-state index in [2.05, 4.69) is 6.58 Å². The molecule has 0 aliphatic heterocycles. The Labute approximate surface area is 113 Å². The lowest BCUT2D eigenvalue weighted by atomic mass is 10.1. The first-order chi connectivity index (χ1) is 7.42. The second-order valence-electron chi connectivity index (χ2n) is 4.60. The monoisotopic (exact) mass is 282 g/mol. The van der Waals surface area contributed by atoms with Crippen LogP contribution in [0.1, 0.15) is 45.4 Å². The van der Waals surface area contributed by atoms with E-state index in [9.17, 15) is 0 Å². The van der Waals surface area contributed by atoms with E-state index in [0.717, 1.165) is 41.7 Å². The van der Waals surface area contributed by atoms with Gasteiger partial charge in [0.05, 0.1) is 10.6 Å². The van der Waals surface area contributed by atoms with Crippen LogP contribution < -0.4 is 0 Å². The maximum Gasteiger partial charge on any atom is 0.0972 e. The van der Waals surface area contributed by atoms with Gasteiger partial charge in [0.15, 0.2) is 0 Å². The van der Waals surface area contributed by atoms with Crippen LogP contribution in [0.25, 0.3) is 0 Å². The molecule has 0 heterocycles. The average molecular weight is 283 g/mol. The lowest BCUT2D eigenvalue weighted by Crippen LogP contribution is -2.11. The smallest absolute Gasteiger partial charge is 0.0972 e. The summed E-state index contributed by atoms with van der Waals surface area (Å²) in [6.07, 6.45) is 6.93. The first-order valence-electron chi connectivity index (χ1n) is 6.02. The minimum Gasteiger partial charge on any atom is -0.377 e. The molecule has 0 saturated carbocycles. The van der Waals surface area contributed by atoms with Gasteiger partial charge in [-0.3, -0.25) is 0 Å². The Balaban J connectivity index is 3.07. The molecule has 0 saturated heterocycles. The predicted octanol–water partition coefficient (Wildman–Crippen LogP) is 3.42. The minimum absolute atomic E-state index is 0.412. The molecule has 0 aromatic heterocycles. The lowest BCUT2D eigenvalue weighted by molar-refractivity contribution is 0.151. The molecule has 0 atom stereocenters. The highest BCUT2D eigenvalue weighted by molar-refractivity contribution is 6.65. The molecule has 0 unspecified atom stereocenters. The summed E-state index contributed by atoms with van der Waals surface area (Å²) in [4.78, 5) is 0. The topological polar surface area (TPSA) is 9.23 Å². The van der Waals surface area contributed by atoms with Crippen LogP contribution in [0, 0.1) is 0 Å². The van der Waals surface area contributed by atoms with E-state index in [1.807, 2.05) is 6.92 Å². The molecule has 4 heteroatoms. The van der Waals surface area contributed by atoms with Gasteiger partial charge >= 0.3 is 0 Å². The van der Waals surface area contributed by atoms with Crippen molar-refractivity contribution in [2.45, 2.75) is 49.4 Å². The van der Waals surface area contributed by atoms with Crippen LogP contribution in [0.2, 0.25) is 0 Å². The van der Waals surface area contributed by atoms with Gasteiger partial charge in [0.25, 0.3) is 0 Å². The summed E-state index contributed by atoms with van der Waals surface area (Å²) in [5.41, 5.74) is 1.09. The minimum atomic E-state index is -0.412. The zero-order valence-corrected chi connectivity index (χ0v) is 14.0. The van der Waals surface area contributed by atoms with Crippen molar-refractivity contribution in [3.8, 4) is 0 Å². The normalized spacial score (nSPS) is 11.9. The standard InChI is InChI=1S/C12H24Cl2OSi/c1-11(2)10-15-9-7-5-3-4-6-8-12(13,14)16/h1,3-10H2,2,16H3. The Morgan fingerprint density at radius 2 is 1.75 bits per heavy atom. The Bertz CT molecular complexity index is 190. The molecule has 1 nitrogen and oxygen atoms in total. The van der Waals surface area contributed by atoms with E-state index in [4.69, 9.17) is 27.9 Å². The fourth-order valence-electron chi connectivity index (χ4n) is 1.42. The van der Waals surface area contributed by atoms with E-state index in [1.54, 1.807) is 0 Å². The number of unbranched alkanes of at least 4 members (excludes halogenated alkanes) is 4. The molecule has 16 heavy (non-hydrogen) atoms. The molecule has 0 radical (unpaired) electrons. The number of ether oxygens (including phenoxy) is 1. The van der Waals surface area contributed by atoms with Gasteiger partial charge in [0, 0.05) is 16.8 Å². The molecule has 0 aliphatic carbocycles. The van der Waals surface area contributed by atoms with Crippen LogP contribution in [0.5, 0.6) is 0 Å². The average Bonchev–Trinajstić information content (AvgIpc) is 2.13. The second kappa shape index (κ2) is 9.52. The third-order valence-corrected chi connectivity index (χ3v) is 3.13. The molecule has 0 aliphatic rings. The zero-order chi connectivity index (χ0) is 12.4. The second-order valence-corrected chi connectivity index (χ2v) is 9.43. The van der Waals surface area contributed by atoms with Crippen molar-refractivity contribution in [3.63, 3.8) is 0 Å². The van der Waals surface area contributed by atoms with Crippen LogP contribution in [-0.2, 0) is 4.74 Å². The van der Waals surface area contributed by atoms with E-state index < -0.39 is 3.96 Å². The van der Waals surface area contributed by atoms with Crippen molar-refractivity contribution in [1.29, 1.82) is 0 Å². The number of halogens is 2. The van der Waals surface area contributed by atoms with Gasteiger partial charge in [0.1, 0.15) is 0 Å². The number of hydrogen-bond acceptors (Lipinski definition) is 1. The molecule has 0 fully saturated rings. The molecule has 0 spiro atoms. The highest BCUT2D eigenvalue weighted by atomic mass is 35.5. The Kier molecular flexibility index (Phi) is 9.81. The summed E-state index contributed by atoms with van der Waals surface area (Å²) in [5, 5.41) is 0. The van der Waals surface area contributed by atoms with Crippen LogP contribution in [0.3, 0.4) is 0 Å². The van der Waals surface area contributed by atoms with Gasteiger partial charge in [-0.05, 0) is 19.8 Å². The molecule has 0 N–H and O–H groups in total. The molecule has 0 rings (SSSR count). The van der Waals surface area contributed by atoms with Crippen LogP contribution in [0.15, 0.2) is 12.2 Å². The van der Waals surface area contributed by atoms with Crippen molar-refractivity contribution in [2.24, 2.45) is 0 Å². The number of hydrogen-bond donors (Lipinski definition) is 0. The summed E-state index contributed by atoms with van der Waals surface area (Å²) in [6.45, 7) is 7.32. The van der Waals surface area contributed by atoms with Crippen LogP contribution >= 0.6 is 23.2 Å². The first kappa shape index (κ1) is 16.5. The highest BCUT2D eigenvalue weighted by Crippen LogP contribution is 2.23. The third kappa shape index (κ3) is 14.5. The lowest BCUT2D eigenvalue weighted by Gasteiger charge is -2.12. The van der Waals surface area contributed by atoms with Gasteiger partial charge in [-0.15, -0.1) is 23.2 Å². The first-order valence-corrected chi connectivity index (χ1v) is 7.77. The summed E-state index contributed by atoms with van der Waals surface area (Å²) < 4.78 is 5.01. The molecular weight excluding hydrogens is 259 g/mol. The van der Waals surface area contributed by atoms with Gasteiger partial charge in [0.2, 0.25) is 0 Å². The maximum absolute atomic E-state index is 5.94. The molecule has 0 amide bonds. The fraction of sp³-hybridized carbons (Fsp3) is 0.833. The largest absolute Gasteiger partial charge is 0.377 e. The fourth-order valence-corrected chi connectivity index (χ4v) is 2.04. The Morgan fingerprint density at radius 1 is 1.19 bits per heavy atom. The Hall–Kier alpha value is 0.497. The molecule has 0 aromatic carbocycles. The maximum atomic E-state index is 5.94. The Morgan fingerprint density at radius 3 is 2.31 bits per heavy atom. The predicted molar refractivity (Wildman–Crippen MR) is 77.7 cm³/mol. The van der Waals surface area contributed by atoms with Crippen molar-refractivity contribution >= 4 is 33.4 Å². The summed E-state index contributed by atoms with van der Waals surface area (Å²) >= 11 is 11.9. The number of rotatable bonds is 10. The van der Waals surface area contributed by atoms with E-state index in [1.165, 1.54) is 19.3 Å². The molecule has 96 valence electrons. The SMILES string of the molecule is C=C(C)COCCCCCCCC([SiH3])(Cl)Cl. The van der Waals surface area contributed by atoms with E-state index in [0.29, 0.717) is 6.61 Å². The van der Waals surface area contributed by atoms with Gasteiger partial charge in [-0.2, -0.15) is 0 Å². The zero-order valence-electron chi connectivity index (χ0n) is 10.5. The summed E-state index contributed by atoms with van der Waals surface area (Å²) in [5.74, 6) is 0. The van der Waals surface area contributed by atoms with Crippen LogP contribution in [-0.4, -0.2) is 27.4 Å². The van der Waals surface area contributed by atoms with Gasteiger partial charge < -0.3 is 4.74 Å². The van der Waals surface area contributed by atoms with E-state index >= 15 is 0 Å². The van der Waals surface area contributed by atoms with Crippen molar-refractivity contribution in [1.82, 2.24) is 0 Å². The summed E-state index contributed by atoms with van der Waals surface area (Å²) in [6, 6.07) is 0. The third-order valence-electron chi connectivity index (χ3n) is 2.25. The molecule has 0 bridgehead atoms. The van der Waals surface area contributed by atoms with Crippen molar-refractivity contribution < 1.29 is 4.74 Å². The van der Waals surface area contributed by atoms with Crippen molar-refractivity contribution in [3.05, 3.63) is 12.2 Å². The van der Waals surface area contributed by atoms with Gasteiger partial charge in [-0.25, -0.2) is 0 Å². The quantitative estimate of drug-likeness (QED) is 0.258. The van der Waals surface area contributed by atoms with Crippen LogP contribution in [0.4, 0.5) is 0 Å². The molecular formula is C12H24Cl2OSi.